The average Bonchev–Trinajstić information content (AvgIpc) is 3.02. The van der Waals surface area contributed by atoms with Crippen LogP contribution < -0.4 is 10.2 Å². The Hall–Kier alpha value is -2.41. The summed E-state index contributed by atoms with van der Waals surface area (Å²) in [6.07, 6.45) is 3.80. The zero-order chi connectivity index (χ0) is 21.1. The number of rotatable bonds is 6. The van der Waals surface area contributed by atoms with Gasteiger partial charge in [0.15, 0.2) is 0 Å². The summed E-state index contributed by atoms with van der Waals surface area (Å²) in [6.45, 7) is 4.65. The maximum absolute atomic E-state index is 12.5. The molecule has 162 valence electrons. The minimum absolute atomic E-state index is 0.0714. The number of imide groups is 1. The summed E-state index contributed by atoms with van der Waals surface area (Å²) in [7, 11) is 2.13. The molecule has 7 heteroatoms. The van der Waals surface area contributed by atoms with E-state index in [0.717, 1.165) is 57.4 Å². The van der Waals surface area contributed by atoms with E-state index in [0.29, 0.717) is 6.54 Å². The van der Waals surface area contributed by atoms with Crippen molar-refractivity contribution >= 4 is 23.4 Å². The number of piperazine rings is 1. The van der Waals surface area contributed by atoms with Crippen LogP contribution in [0.1, 0.15) is 37.7 Å². The molecule has 7 nitrogen and oxygen atoms in total. The lowest BCUT2D eigenvalue weighted by Gasteiger charge is -2.35. The van der Waals surface area contributed by atoms with E-state index in [1.807, 2.05) is 18.2 Å². The molecule has 0 bridgehead atoms. The highest BCUT2D eigenvalue weighted by molar-refractivity contribution is 6.05. The van der Waals surface area contributed by atoms with Gasteiger partial charge in [0.1, 0.15) is 0 Å². The maximum Gasteiger partial charge on any atom is 0.233 e. The van der Waals surface area contributed by atoms with Crippen molar-refractivity contribution in [3.05, 3.63) is 29.8 Å². The molecule has 0 spiro atoms. The number of amides is 3. The molecule has 30 heavy (non-hydrogen) atoms. The van der Waals surface area contributed by atoms with Crippen molar-refractivity contribution < 1.29 is 14.4 Å². The summed E-state index contributed by atoms with van der Waals surface area (Å²) in [6, 6.07) is 8.18. The molecule has 1 aliphatic carbocycles. The first-order chi connectivity index (χ1) is 14.5. The number of carbonyl (C=O) groups excluding carboxylic acids is 3. The number of anilines is 1. The van der Waals surface area contributed by atoms with E-state index in [4.69, 9.17) is 0 Å². The molecular weight excluding hydrogens is 380 g/mol. The third-order valence-electron chi connectivity index (χ3n) is 6.81. The van der Waals surface area contributed by atoms with Gasteiger partial charge in [-0.25, -0.2) is 0 Å². The summed E-state index contributed by atoms with van der Waals surface area (Å²) in [5.41, 5.74) is 2.26. The van der Waals surface area contributed by atoms with E-state index >= 15 is 0 Å². The van der Waals surface area contributed by atoms with Gasteiger partial charge < -0.3 is 15.1 Å². The Bertz CT molecular complexity index is 779. The predicted molar refractivity (Wildman–Crippen MR) is 115 cm³/mol. The molecule has 3 fully saturated rings. The zero-order valence-corrected chi connectivity index (χ0v) is 17.8. The Labute approximate surface area is 178 Å². The Balaban J connectivity index is 1.29. The molecule has 2 heterocycles. The van der Waals surface area contributed by atoms with Gasteiger partial charge in [-0.2, -0.15) is 0 Å². The molecule has 2 unspecified atom stereocenters. The number of carbonyl (C=O) groups is 3. The summed E-state index contributed by atoms with van der Waals surface area (Å²) in [4.78, 5) is 43.6. The second kappa shape index (κ2) is 9.16. The standard InChI is InChI=1S/C23H32N4O3/c1-25-12-14-26(15-13-25)20-9-5-2-6-17(20)16-24-21(28)10-11-27-22(29)18-7-3-4-8-19(18)23(27)30/h2,5-6,9,18-19H,3-4,7-8,10-16H2,1H3,(H,24,28). The molecule has 4 rings (SSSR count). The number of fused-ring (bicyclic) bond motifs is 1. The number of para-hydroxylation sites is 1. The van der Waals surface area contributed by atoms with E-state index < -0.39 is 0 Å². The zero-order valence-electron chi connectivity index (χ0n) is 17.8. The average molecular weight is 413 g/mol. The summed E-state index contributed by atoms with van der Waals surface area (Å²) in [5.74, 6) is -0.566. The fourth-order valence-corrected chi connectivity index (χ4v) is 4.96. The van der Waals surface area contributed by atoms with Crippen LogP contribution in [0, 0.1) is 11.8 Å². The molecule has 1 N–H and O–H groups in total. The Kier molecular flexibility index (Phi) is 6.37. The summed E-state index contributed by atoms with van der Waals surface area (Å²) < 4.78 is 0. The molecule has 2 saturated heterocycles. The molecular formula is C23H32N4O3. The van der Waals surface area contributed by atoms with Crippen LogP contribution in [0.4, 0.5) is 5.69 Å². The van der Waals surface area contributed by atoms with E-state index in [1.165, 1.54) is 10.6 Å². The van der Waals surface area contributed by atoms with Crippen molar-refractivity contribution in [1.82, 2.24) is 15.1 Å². The summed E-state index contributed by atoms with van der Waals surface area (Å²) >= 11 is 0. The molecule has 2 atom stereocenters. The Morgan fingerprint density at radius 3 is 2.30 bits per heavy atom. The van der Waals surface area contributed by atoms with Crippen LogP contribution in [0.3, 0.4) is 0 Å². The van der Waals surface area contributed by atoms with Gasteiger partial charge in [-0.1, -0.05) is 31.0 Å². The number of likely N-dealkylation sites (N-methyl/N-ethyl adjacent to an activating group) is 1. The van der Waals surface area contributed by atoms with Gasteiger partial charge in [-0.15, -0.1) is 0 Å². The number of benzene rings is 1. The molecule has 1 aromatic rings. The number of likely N-dealkylation sites (tertiary alicyclic amines) is 1. The Morgan fingerprint density at radius 2 is 1.63 bits per heavy atom. The highest BCUT2D eigenvalue weighted by Crippen LogP contribution is 2.37. The van der Waals surface area contributed by atoms with Crippen molar-refractivity contribution in [3.8, 4) is 0 Å². The smallest absolute Gasteiger partial charge is 0.233 e. The quantitative estimate of drug-likeness (QED) is 0.719. The summed E-state index contributed by atoms with van der Waals surface area (Å²) in [5, 5.41) is 2.98. The minimum Gasteiger partial charge on any atom is -0.369 e. The second-order valence-corrected chi connectivity index (χ2v) is 8.77. The lowest BCUT2D eigenvalue weighted by Crippen LogP contribution is -2.45. The highest BCUT2D eigenvalue weighted by Gasteiger charge is 2.47. The second-order valence-electron chi connectivity index (χ2n) is 8.77. The van der Waals surface area contributed by atoms with Crippen LogP contribution in [0.25, 0.3) is 0 Å². The van der Waals surface area contributed by atoms with Crippen molar-refractivity contribution in [3.63, 3.8) is 0 Å². The van der Waals surface area contributed by atoms with Gasteiger partial charge in [0.05, 0.1) is 11.8 Å². The Morgan fingerprint density at radius 1 is 1.00 bits per heavy atom. The van der Waals surface area contributed by atoms with Crippen LogP contribution in [0.2, 0.25) is 0 Å². The lowest BCUT2D eigenvalue weighted by molar-refractivity contribution is -0.140. The number of nitrogens with zero attached hydrogens (tertiary/aromatic N) is 3. The number of hydrogen-bond acceptors (Lipinski definition) is 5. The van der Waals surface area contributed by atoms with Crippen LogP contribution in [-0.4, -0.2) is 67.3 Å². The van der Waals surface area contributed by atoms with E-state index in [1.54, 1.807) is 0 Å². The predicted octanol–water partition coefficient (Wildman–Crippen LogP) is 1.62. The first kappa shape index (κ1) is 20.8. The van der Waals surface area contributed by atoms with E-state index in [2.05, 4.69) is 28.2 Å². The molecule has 1 saturated carbocycles. The van der Waals surface area contributed by atoms with Crippen molar-refractivity contribution in [1.29, 1.82) is 0 Å². The minimum atomic E-state index is -0.148. The fraction of sp³-hybridized carbons (Fsp3) is 0.609. The molecule has 2 aliphatic heterocycles. The van der Waals surface area contributed by atoms with E-state index in [-0.39, 0.29) is 42.5 Å². The largest absolute Gasteiger partial charge is 0.369 e. The number of nitrogens with one attached hydrogen (secondary N) is 1. The highest BCUT2D eigenvalue weighted by atomic mass is 16.2. The lowest BCUT2D eigenvalue weighted by atomic mass is 9.81. The normalized spacial score (nSPS) is 24.8. The van der Waals surface area contributed by atoms with Gasteiger partial charge in [0, 0.05) is 51.4 Å². The van der Waals surface area contributed by atoms with Crippen molar-refractivity contribution in [2.45, 2.75) is 38.6 Å². The van der Waals surface area contributed by atoms with Crippen LogP contribution in [0.15, 0.2) is 24.3 Å². The third-order valence-corrected chi connectivity index (χ3v) is 6.81. The van der Waals surface area contributed by atoms with Crippen LogP contribution in [0.5, 0.6) is 0 Å². The van der Waals surface area contributed by atoms with Crippen LogP contribution >= 0.6 is 0 Å². The third kappa shape index (κ3) is 4.36. The first-order valence-corrected chi connectivity index (χ1v) is 11.2. The van der Waals surface area contributed by atoms with Crippen molar-refractivity contribution in [2.75, 3.05) is 44.7 Å². The fourth-order valence-electron chi connectivity index (χ4n) is 4.96. The number of hydrogen-bond donors (Lipinski definition) is 1. The molecule has 3 aliphatic rings. The molecule has 1 aromatic carbocycles. The maximum atomic E-state index is 12.5. The van der Waals surface area contributed by atoms with Gasteiger partial charge in [-0.05, 0) is 31.5 Å². The van der Waals surface area contributed by atoms with Crippen molar-refractivity contribution in [2.24, 2.45) is 11.8 Å². The van der Waals surface area contributed by atoms with Gasteiger partial charge in [-0.3, -0.25) is 19.3 Å². The molecule has 3 amide bonds. The van der Waals surface area contributed by atoms with Gasteiger partial charge in [0.25, 0.3) is 0 Å². The van der Waals surface area contributed by atoms with E-state index in [9.17, 15) is 14.4 Å². The SMILES string of the molecule is CN1CCN(c2ccccc2CNC(=O)CCN2C(=O)C3CCCCC3C2=O)CC1. The molecule has 0 aromatic heterocycles. The van der Waals surface area contributed by atoms with Crippen LogP contribution in [-0.2, 0) is 20.9 Å². The monoisotopic (exact) mass is 412 g/mol. The van der Waals surface area contributed by atoms with Gasteiger partial charge >= 0.3 is 0 Å². The van der Waals surface area contributed by atoms with Gasteiger partial charge in [0.2, 0.25) is 17.7 Å². The molecule has 0 radical (unpaired) electrons. The topological polar surface area (TPSA) is 73.0 Å². The first-order valence-electron chi connectivity index (χ1n) is 11.2.